The van der Waals surface area contributed by atoms with Gasteiger partial charge in [0.15, 0.2) is 27.9 Å². The molecule has 0 aliphatic carbocycles. The van der Waals surface area contributed by atoms with Crippen LogP contribution in [-0.4, -0.2) is 61.8 Å². The topological polar surface area (TPSA) is 129 Å². The summed E-state index contributed by atoms with van der Waals surface area (Å²) in [5.41, 5.74) is 6.65. The molecule has 4 N–H and O–H groups in total. The summed E-state index contributed by atoms with van der Waals surface area (Å²) in [6.07, 6.45) is -1.76. The fourth-order valence-corrected chi connectivity index (χ4v) is 3.00. The van der Waals surface area contributed by atoms with E-state index >= 15 is 0 Å². The van der Waals surface area contributed by atoms with E-state index in [1.807, 2.05) is 0 Å². The number of nitrogen functional groups attached to an aromatic ring is 1. The van der Waals surface area contributed by atoms with Gasteiger partial charge in [0.1, 0.15) is 24.6 Å². The summed E-state index contributed by atoms with van der Waals surface area (Å²) < 4.78 is 13.0. The summed E-state index contributed by atoms with van der Waals surface area (Å²) in [4.78, 5) is 12.3. The van der Waals surface area contributed by atoms with Gasteiger partial charge in [-0.3, -0.25) is 4.57 Å². The number of fused-ring (bicyclic) bond motifs is 1. The van der Waals surface area contributed by atoms with Gasteiger partial charge in [0.25, 0.3) is 0 Å². The van der Waals surface area contributed by atoms with E-state index in [-0.39, 0.29) is 12.4 Å². The summed E-state index contributed by atoms with van der Waals surface area (Å²) in [7, 11) is 1.46. The smallest absolute Gasteiger partial charge is 0.181 e. The molecular weight excluding hydrogens is 346 g/mol. The molecule has 4 atom stereocenters. The normalized spacial score (nSPS) is 29.3. The molecule has 10 heteroatoms. The third kappa shape index (κ3) is 2.19. The summed E-state index contributed by atoms with van der Waals surface area (Å²) in [6.45, 7) is -0.321. The lowest BCUT2D eigenvalue weighted by atomic mass is 10.1. The molecule has 3 heterocycles. The van der Waals surface area contributed by atoms with Gasteiger partial charge in [-0.1, -0.05) is 0 Å². The van der Waals surface area contributed by atoms with Crippen LogP contribution < -0.4 is 5.73 Å². The van der Waals surface area contributed by atoms with Crippen LogP contribution in [0.3, 0.4) is 0 Å². The number of nitrogens with zero attached hydrogens (tertiary/aromatic N) is 4. The number of anilines is 1. The van der Waals surface area contributed by atoms with Crippen LogP contribution >= 0.6 is 15.9 Å². The van der Waals surface area contributed by atoms with Gasteiger partial charge in [-0.05, 0) is 15.9 Å². The Balaban J connectivity index is 2.12. The van der Waals surface area contributed by atoms with Crippen molar-refractivity contribution in [3.63, 3.8) is 0 Å². The Morgan fingerprint density at radius 1 is 1.52 bits per heavy atom. The van der Waals surface area contributed by atoms with E-state index in [1.54, 1.807) is 4.57 Å². The second kappa shape index (κ2) is 5.46. The number of aliphatic hydroxyl groups is 2. The third-order valence-electron chi connectivity index (χ3n) is 3.48. The molecule has 0 saturated carbocycles. The number of aromatic nitrogens is 4. The van der Waals surface area contributed by atoms with Gasteiger partial charge in [-0.2, -0.15) is 0 Å². The van der Waals surface area contributed by atoms with E-state index in [4.69, 9.17) is 15.2 Å². The minimum atomic E-state index is -0.964. The summed E-state index contributed by atoms with van der Waals surface area (Å²) >= 11 is 3.32. The Hall–Kier alpha value is -1.33. The summed E-state index contributed by atoms with van der Waals surface area (Å²) in [6, 6.07) is 0. The lowest BCUT2D eigenvalue weighted by molar-refractivity contribution is -0.0594. The molecule has 1 saturated heterocycles. The molecule has 2 aromatic rings. The number of halogens is 1. The summed E-state index contributed by atoms with van der Waals surface area (Å²) in [5, 5.41) is 19.4. The first-order valence-corrected chi connectivity index (χ1v) is 6.98. The second-order valence-electron chi connectivity index (χ2n) is 4.62. The van der Waals surface area contributed by atoms with Crippen molar-refractivity contribution in [2.24, 2.45) is 0 Å². The first-order valence-electron chi connectivity index (χ1n) is 6.19. The molecule has 1 unspecified atom stereocenters. The number of rotatable bonds is 3. The van der Waals surface area contributed by atoms with Crippen LogP contribution in [0.1, 0.15) is 6.23 Å². The zero-order chi connectivity index (χ0) is 15.1. The first kappa shape index (κ1) is 14.6. The minimum Gasteiger partial charge on any atom is -0.394 e. The average molecular weight is 360 g/mol. The Morgan fingerprint density at radius 3 is 2.95 bits per heavy atom. The fraction of sp³-hybridized carbons (Fsp3) is 0.545. The molecule has 0 amide bonds. The molecule has 1 aliphatic rings. The molecule has 114 valence electrons. The van der Waals surface area contributed by atoms with Crippen molar-refractivity contribution >= 4 is 32.9 Å². The van der Waals surface area contributed by atoms with E-state index in [2.05, 4.69) is 30.9 Å². The maximum absolute atomic E-state index is 10.1. The van der Waals surface area contributed by atoms with Crippen LogP contribution in [0.15, 0.2) is 11.1 Å². The second-order valence-corrected chi connectivity index (χ2v) is 5.33. The lowest BCUT2D eigenvalue weighted by Crippen LogP contribution is -2.34. The van der Waals surface area contributed by atoms with E-state index in [0.717, 1.165) is 0 Å². The molecule has 0 spiro atoms. The van der Waals surface area contributed by atoms with Crippen LogP contribution in [-0.2, 0) is 9.47 Å². The average Bonchev–Trinajstić information content (AvgIpc) is 2.96. The molecule has 21 heavy (non-hydrogen) atoms. The molecule has 2 aromatic heterocycles. The highest BCUT2D eigenvalue weighted by atomic mass is 79.9. The summed E-state index contributed by atoms with van der Waals surface area (Å²) in [5.74, 6) is 0.241. The van der Waals surface area contributed by atoms with E-state index < -0.39 is 24.5 Å². The SMILES string of the molecule is COC1[C@@H](O)[C@@H](CO)O[C@H]1n1c(Br)nc2c(N)ncnc21. The molecule has 9 nitrogen and oxygen atoms in total. The van der Waals surface area contributed by atoms with Crippen molar-refractivity contribution in [3.05, 3.63) is 11.1 Å². The number of hydrogen-bond donors (Lipinski definition) is 3. The van der Waals surface area contributed by atoms with Crippen molar-refractivity contribution in [1.29, 1.82) is 0 Å². The van der Waals surface area contributed by atoms with Crippen LogP contribution in [0, 0.1) is 0 Å². The van der Waals surface area contributed by atoms with Gasteiger partial charge < -0.3 is 25.4 Å². The van der Waals surface area contributed by atoms with E-state index in [0.29, 0.717) is 15.9 Å². The molecule has 3 rings (SSSR count). The monoisotopic (exact) mass is 359 g/mol. The van der Waals surface area contributed by atoms with Crippen LogP contribution in [0.25, 0.3) is 11.2 Å². The molecule has 0 bridgehead atoms. The zero-order valence-electron chi connectivity index (χ0n) is 11.0. The van der Waals surface area contributed by atoms with E-state index in [9.17, 15) is 10.2 Å². The van der Waals surface area contributed by atoms with Gasteiger partial charge in [0.2, 0.25) is 0 Å². The fourth-order valence-electron chi connectivity index (χ4n) is 2.46. The zero-order valence-corrected chi connectivity index (χ0v) is 12.6. The van der Waals surface area contributed by atoms with Gasteiger partial charge in [-0.25, -0.2) is 15.0 Å². The molecule has 0 aromatic carbocycles. The highest BCUT2D eigenvalue weighted by Crippen LogP contribution is 2.36. The van der Waals surface area contributed by atoms with Crippen molar-refractivity contribution < 1.29 is 19.7 Å². The Kier molecular flexibility index (Phi) is 3.80. The number of nitrogens with two attached hydrogens (primary N) is 1. The van der Waals surface area contributed by atoms with Crippen LogP contribution in [0.4, 0.5) is 5.82 Å². The standard InChI is InChI=1S/C11H14BrN5O4/c1-20-7-6(19)4(2-18)21-10(7)17-9-5(16-11(17)12)8(13)14-3-15-9/h3-4,6-7,10,18-19H,2H2,1H3,(H2,13,14,15)/t4-,6+,7?,10-/m1/s1. The predicted molar refractivity (Wildman–Crippen MR) is 75.2 cm³/mol. The number of aliphatic hydroxyl groups excluding tert-OH is 2. The van der Waals surface area contributed by atoms with E-state index in [1.165, 1.54) is 13.4 Å². The quantitative estimate of drug-likeness (QED) is 0.621. The lowest BCUT2D eigenvalue weighted by Gasteiger charge is -2.20. The molecular formula is C11H14BrN5O4. The number of ether oxygens (including phenoxy) is 2. The van der Waals surface area contributed by atoms with Crippen molar-refractivity contribution in [3.8, 4) is 0 Å². The predicted octanol–water partition coefficient (Wildman–Crippen LogP) is -0.563. The highest BCUT2D eigenvalue weighted by Gasteiger charge is 2.46. The molecule has 1 aliphatic heterocycles. The van der Waals surface area contributed by atoms with Gasteiger partial charge >= 0.3 is 0 Å². The van der Waals surface area contributed by atoms with Crippen molar-refractivity contribution in [1.82, 2.24) is 19.5 Å². The number of methoxy groups -OCH3 is 1. The Morgan fingerprint density at radius 2 is 2.29 bits per heavy atom. The number of imidazole rings is 1. The van der Waals surface area contributed by atoms with Gasteiger partial charge in [0, 0.05) is 7.11 Å². The molecule has 1 fully saturated rings. The highest BCUT2D eigenvalue weighted by molar-refractivity contribution is 9.10. The van der Waals surface area contributed by atoms with Gasteiger partial charge in [0.05, 0.1) is 6.61 Å². The Bertz CT molecular complexity index is 665. The number of hydrogen-bond acceptors (Lipinski definition) is 8. The minimum absolute atomic E-state index is 0.241. The maximum atomic E-state index is 10.1. The van der Waals surface area contributed by atoms with Gasteiger partial charge in [-0.15, -0.1) is 0 Å². The Labute approximate surface area is 127 Å². The van der Waals surface area contributed by atoms with Crippen molar-refractivity contribution in [2.45, 2.75) is 24.5 Å². The molecule has 0 radical (unpaired) electrons. The maximum Gasteiger partial charge on any atom is 0.181 e. The van der Waals surface area contributed by atoms with Crippen molar-refractivity contribution in [2.75, 3.05) is 19.5 Å². The van der Waals surface area contributed by atoms with Crippen LogP contribution in [0.5, 0.6) is 0 Å². The first-order chi connectivity index (χ1) is 10.1. The van der Waals surface area contributed by atoms with Crippen LogP contribution in [0.2, 0.25) is 0 Å². The largest absolute Gasteiger partial charge is 0.394 e. The third-order valence-corrected chi connectivity index (χ3v) is 4.04.